The van der Waals surface area contributed by atoms with Crippen LogP contribution in [0.15, 0.2) is 30.3 Å². The Balaban J connectivity index is 1.80. The lowest BCUT2D eigenvalue weighted by Crippen LogP contribution is -2.56. The molecule has 0 radical (unpaired) electrons. The summed E-state index contributed by atoms with van der Waals surface area (Å²) < 4.78 is 15.1. The molecular weight excluding hydrogens is 318 g/mol. The zero-order valence-electron chi connectivity index (χ0n) is 13.3. The van der Waals surface area contributed by atoms with Gasteiger partial charge in [-0.05, 0) is 12.5 Å². The van der Waals surface area contributed by atoms with Crippen molar-refractivity contribution in [1.29, 1.82) is 0 Å². The normalized spacial score (nSPS) is 23.7. The summed E-state index contributed by atoms with van der Waals surface area (Å²) in [6, 6.07) is 7.75. The first-order valence-corrected chi connectivity index (χ1v) is 7.49. The van der Waals surface area contributed by atoms with Gasteiger partial charge in [0.1, 0.15) is 6.61 Å². The van der Waals surface area contributed by atoms with Crippen molar-refractivity contribution in [1.82, 2.24) is 5.32 Å². The molecule has 3 atom stereocenters. The molecule has 0 spiro atoms. The van der Waals surface area contributed by atoms with Gasteiger partial charge in [-0.25, -0.2) is 9.59 Å². The van der Waals surface area contributed by atoms with Crippen molar-refractivity contribution in [2.24, 2.45) is 5.41 Å². The smallest absolute Gasteiger partial charge is 0.408 e. The Morgan fingerprint density at radius 3 is 2.62 bits per heavy atom. The molecule has 0 aromatic heterocycles. The highest BCUT2D eigenvalue weighted by Gasteiger charge is 2.47. The van der Waals surface area contributed by atoms with Crippen LogP contribution in [0.2, 0.25) is 0 Å². The molecule has 1 fully saturated rings. The number of benzene rings is 1. The molecule has 2 rings (SSSR count). The number of ether oxygens (including phenoxy) is 3. The molecule has 1 aromatic carbocycles. The molecule has 2 unspecified atom stereocenters. The highest BCUT2D eigenvalue weighted by Crippen LogP contribution is 2.34. The Morgan fingerprint density at radius 2 is 2.08 bits per heavy atom. The van der Waals surface area contributed by atoms with Gasteiger partial charge in [0, 0.05) is 0 Å². The number of amides is 1. The molecular formula is C16H21NO7. The zero-order valence-corrected chi connectivity index (χ0v) is 13.3. The number of aliphatic hydroxyl groups is 2. The molecule has 8 heteroatoms. The number of rotatable bonds is 7. The van der Waals surface area contributed by atoms with Gasteiger partial charge in [0.05, 0.1) is 25.2 Å². The minimum Gasteiger partial charge on any atom is -0.445 e. The predicted octanol–water partition coefficient (Wildman–Crippen LogP) is 0.172. The summed E-state index contributed by atoms with van der Waals surface area (Å²) >= 11 is 0. The second-order valence-corrected chi connectivity index (χ2v) is 5.83. The lowest BCUT2D eigenvalue weighted by molar-refractivity contribution is -0.299. The minimum atomic E-state index is -1.28. The SMILES string of the molecule is CC1(CO)COC1OC(=O)[C@H](CO)NC(=O)OCc1ccccc1. The topological polar surface area (TPSA) is 114 Å². The van der Waals surface area contributed by atoms with E-state index in [-0.39, 0.29) is 19.8 Å². The van der Waals surface area contributed by atoms with Gasteiger partial charge in [-0.1, -0.05) is 30.3 Å². The maximum atomic E-state index is 12.0. The summed E-state index contributed by atoms with van der Waals surface area (Å²) in [5.41, 5.74) is 0.112. The van der Waals surface area contributed by atoms with Gasteiger partial charge in [-0.15, -0.1) is 0 Å². The molecule has 1 heterocycles. The van der Waals surface area contributed by atoms with Gasteiger partial charge in [0.2, 0.25) is 6.29 Å². The van der Waals surface area contributed by atoms with E-state index in [4.69, 9.17) is 14.2 Å². The van der Waals surface area contributed by atoms with Crippen LogP contribution in [0, 0.1) is 5.41 Å². The average molecular weight is 339 g/mol. The van der Waals surface area contributed by atoms with Crippen LogP contribution in [-0.2, 0) is 25.6 Å². The van der Waals surface area contributed by atoms with E-state index in [1.807, 2.05) is 6.07 Å². The Bertz CT molecular complexity index is 561. The molecule has 8 nitrogen and oxygen atoms in total. The van der Waals surface area contributed by atoms with Crippen molar-refractivity contribution in [2.45, 2.75) is 25.9 Å². The third-order valence-corrected chi connectivity index (χ3v) is 3.69. The summed E-state index contributed by atoms with van der Waals surface area (Å²) in [7, 11) is 0. The van der Waals surface area contributed by atoms with E-state index in [0.717, 1.165) is 5.56 Å². The van der Waals surface area contributed by atoms with E-state index in [2.05, 4.69) is 5.32 Å². The quantitative estimate of drug-likeness (QED) is 0.607. The monoisotopic (exact) mass is 339 g/mol. The van der Waals surface area contributed by atoms with Crippen molar-refractivity contribution in [3.05, 3.63) is 35.9 Å². The maximum Gasteiger partial charge on any atom is 0.408 e. The summed E-state index contributed by atoms with van der Waals surface area (Å²) in [6.07, 6.45) is -1.76. The zero-order chi connectivity index (χ0) is 17.6. The highest BCUT2D eigenvalue weighted by molar-refractivity contribution is 5.81. The van der Waals surface area contributed by atoms with E-state index in [1.54, 1.807) is 31.2 Å². The van der Waals surface area contributed by atoms with Crippen molar-refractivity contribution < 1.29 is 34.0 Å². The summed E-state index contributed by atoms with van der Waals surface area (Å²) in [6.45, 7) is 1.14. The maximum absolute atomic E-state index is 12.0. The fraction of sp³-hybridized carbons (Fsp3) is 0.500. The lowest BCUT2D eigenvalue weighted by atomic mass is 9.87. The van der Waals surface area contributed by atoms with Crippen LogP contribution in [0.1, 0.15) is 12.5 Å². The van der Waals surface area contributed by atoms with Crippen LogP contribution in [0.3, 0.4) is 0 Å². The van der Waals surface area contributed by atoms with Gasteiger partial charge < -0.3 is 29.7 Å². The molecule has 1 amide bonds. The van der Waals surface area contributed by atoms with Crippen molar-refractivity contribution in [3.8, 4) is 0 Å². The Hall–Kier alpha value is -2.16. The van der Waals surface area contributed by atoms with E-state index >= 15 is 0 Å². The number of hydrogen-bond acceptors (Lipinski definition) is 7. The Labute approximate surface area is 139 Å². The van der Waals surface area contributed by atoms with E-state index < -0.39 is 36.4 Å². The molecule has 24 heavy (non-hydrogen) atoms. The molecule has 1 saturated heterocycles. The molecule has 1 aromatic rings. The van der Waals surface area contributed by atoms with Crippen molar-refractivity contribution in [3.63, 3.8) is 0 Å². The van der Waals surface area contributed by atoms with Crippen LogP contribution in [-0.4, -0.2) is 54.4 Å². The number of carbonyl (C=O) groups excluding carboxylic acids is 2. The Morgan fingerprint density at radius 1 is 1.38 bits per heavy atom. The van der Waals surface area contributed by atoms with Crippen LogP contribution in [0.25, 0.3) is 0 Å². The van der Waals surface area contributed by atoms with E-state index in [0.29, 0.717) is 0 Å². The van der Waals surface area contributed by atoms with Crippen LogP contribution in [0.4, 0.5) is 4.79 Å². The summed E-state index contributed by atoms with van der Waals surface area (Å²) in [4.78, 5) is 23.7. The number of aliphatic hydroxyl groups excluding tert-OH is 2. The Kier molecular flexibility index (Phi) is 6.13. The first-order chi connectivity index (χ1) is 11.5. The third kappa shape index (κ3) is 4.44. The number of nitrogens with one attached hydrogen (secondary N) is 1. The first kappa shape index (κ1) is 18.2. The van der Waals surface area contributed by atoms with Crippen LogP contribution >= 0.6 is 0 Å². The van der Waals surface area contributed by atoms with Crippen molar-refractivity contribution >= 4 is 12.1 Å². The minimum absolute atomic E-state index is 0.0359. The number of hydrogen-bond donors (Lipinski definition) is 3. The van der Waals surface area contributed by atoms with E-state index in [1.165, 1.54) is 0 Å². The van der Waals surface area contributed by atoms with Gasteiger partial charge in [0.25, 0.3) is 0 Å². The van der Waals surface area contributed by atoms with Crippen molar-refractivity contribution in [2.75, 3.05) is 19.8 Å². The standard InChI is InChI=1S/C16H21NO7/c1-16(9-19)10-23-14(16)24-13(20)12(7-18)17-15(21)22-8-11-5-3-2-4-6-11/h2-6,12,14,18-19H,7-10H2,1H3,(H,17,21)/t12-,14?,16?/m0/s1. The molecule has 0 aliphatic carbocycles. The second-order valence-electron chi connectivity index (χ2n) is 5.83. The van der Waals surface area contributed by atoms with Gasteiger partial charge in [-0.3, -0.25) is 0 Å². The number of alkyl carbamates (subject to hydrolysis) is 1. The molecule has 132 valence electrons. The molecule has 3 N–H and O–H groups in total. The fourth-order valence-corrected chi connectivity index (χ4v) is 2.01. The highest BCUT2D eigenvalue weighted by atomic mass is 16.7. The first-order valence-electron chi connectivity index (χ1n) is 7.49. The number of esters is 1. The van der Waals surface area contributed by atoms with Crippen LogP contribution < -0.4 is 5.32 Å². The molecule has 1 aliphatic heterocycles. The summed E-state index contributed by atoms with van der Waals surface area (Å²) in [5.74, 6) is -0.862. The second kappa shape index (κ2) is 8.09. The third-order valence-electron chi connectivity index (χ3n) is 3.69. The van der Waals surface area contributed by atoms with Crippen LogP contribution in [0.5, 0.6) is 0 Å². The summed E-state index contributed by atoms with van der Waals surface area (Å²) in [5, 5.41) is 20.7. The van der Waals surface area contributed by atoms with Gasteiger partial charge >= 0.3 is 12.1 Å². The molecule has 0 saturated carbocycles. The van der Waals surface area contributed by atoms with Gasteiger partial charge in [-0.2, -0.15) is 0 Å². The van der Waals surface area contributed by atoms with E-state index in [9.17, 15) is 19.8 Å². The van der Waals surface area contributed by atoms with Gasteiger partial charge in [0.15, 0.2) is 6.04 Å². The number of carbonyl (C=O) groups is 2. The fourth-order valence-electron chi connectivity index (χ4n) is 2.01. The molecule has 0 bridgehead atoms. The largest absolute Gasteiger partial charge is 0.445 e. The molecule has 1 aliphatic rings. The predicted molar refractivity (Wildman–Crippen MR) is 81.7 cm³/mol. The average Bonchev–Trinajstić information content (AvgIpc) is 2.61. The lowest BCUT2D eigenvalue weighted by Gasteiger charge is -2.44.